The van der Waals surface area contributed by atoms with Crippen LogP contribution >= 0.6 is 0 Å². The van der Waals surface area contributed by atoms with Gasteiger partial charge in [0.15, 0.2) is 5.82 Å². The quantitative estimate of drug-likeness (QED) is 0.906. The zero-order valence-corrected chi connectivity index (χ0v) is 13.7. The maximum absolute atomic E-state index is 12.0. The number of hydrogen-bond acceptors (Lipinski definition) is 5. The summed E-state index contributed by atoms with van der Waals surface area (Å²) in [5.74, 6) is 0.539. The fraction of sp³-hybridized carbons (Fsp3) is 0.412. The molecule has 1 saturated heterocycles. The number of nitrogens with one attached hydrogen (secondary N) is 1. The number of hydrogen-bond donors (Lipinski definition) is 1. The van der Waals surface area contributed by atoms with Crippen molar-refractivity contribution in [2.24, 2.45) is 0 Å². The summed E-state index contributed by atoms with van der Waals surface area (Å²) >= 11 is 0. The predicted molar refractivity (Wildman–Crippen MR) is 87.3 cm³/mol. The number of amides is 2. The van der Waals surface area contributed by atoms with E-state index < -0.39 is 0 Å². The van der Waals surface area contributed by atoms with Crippen LogP contribution in [-0.4, -0.2) is 39.4 Å². The third-order valence-electron chi connectivity index (χ3n) is 3.99. The minimum absolute atomic E-state index is 0.0347. The van der Waals surface area contributed by atoms with Gasteiger partial charge in [0, 0.05) is 24.7 Å². The molecule has 1 aromatic heterocycles. The zero-order valence-electron chi connectivity index (χ0n) is 13.7. The van der Waals surface area contributed by atoms with Gasteiger partial charge in [0.2, 0.25) is 17.7 Å². The van der Waals surface area contributed by atoms with Crippen LogP contribution in [-0.2, 0) is 16.0 Å². The van der Waals surface area contributed by atoms with E-state index in [1.165, 1.54) is 0 Å². The minimum Gasteiger partial charge on any atom is -0.339 e. The van der Waals surface area contributed by atoms with Crippen molar-refractivity contribution in [1.29, 1.82) is 0 Å². The van der Waals surface area contributed by atoms with Gasteiger partial charge in [-0.1, -0.05) is 23.4 Å². The molecular weight excluding hydrogens is 308 g/mol. The van der Waals surface area contributed by atoms with Gasteiger partial charge in [-0.05, 0) is 26.0 Å². The molecule has 1 N–H and O–H groups in total. The van der Waals surface area contributed by atoms with Gasteiger partial charge >= 0.3 is 0 Å². The molecule has 7 nitrogen and oxygen atoms in total. The van der Waals surface area contributed by atoms with E-state index in [-0.39, 0.29) is 30.2 Å². The van der Waals surface area contributed by atoms with Crippen molar-refractivity contribution in [2.75, 3.05) is 11.9 Å². The number of nitrogens with zero attached hydrogens (tertiary/aromatic N) is 3. The predicted octanol–water partition coefficient (Wildman–Crippen LogP) is 1.98. The molecule has 0 radical (unpaired) electrons. The van der Waals surface area contributed by atoms with E-state index >= 15 is 0 Å². The van der Waals surface area contributed by atoms with Crippen molar-refractivity contribution in [3.8, 4) is 0 Å². The highest BCUT2D eigenvalue weighted by atomic mass is 16.5. The summed E-state index contributed by atoms with van der Waals surface area (Å²) in [5.41, 5.74) is 0.722. The Morgan fingerprint density at radius 3 is 2.79 bits per heavy atom. The van der Waals surface area contributed by atoms with E-state index in [1.807, 2.05) is 44.2 Å². The Hall–Kier alpha value is -2.70. The molecule has 1 fully saturated rings. The average Bonchev–Trinajstić information content (AvgIpc) is 3.14. The first-order chi connectivity index (χ1) is 11.5. The summed E-state index contributed by atoms with van der Waals surface area (Å²) in [6, 6.07) is 9.35. The first-order valence-electron chi connectivity index (χ1n) is 8.00. The molecule has 3 rings (SSSR count). The Kier molecular flexibility index (Phi) is 4.59. The Balaban J connectivity index is 1.60. The van der Waals surface area contributed by atoms with Crippen LogP contribution in [0.2, 0.25) is 0 Å². The van der Waals surface area contributed by atoms with Gasteiger partial charge in [0.05, 0.1) is 12.3 Å². The maximum atomic E-state index is 12.0. The van der Waals surface area contributed by atoms with E-state index in [0.717, 1.165) is 5.69 Å². The number of rotatable bonds is 5. The number of para-hydroxylation sites is 1. The molecule has 0 saturated carbocycles. The van der Waals surface area contributed by atoms with Crippen LogP contribution in [0.3, 0.4) is 0 Å². The van der Waals surface area contributed by atoms with Crippen molar-refractivity contribution in [2.45, 2.75) is 38.6 Å². The smallest absolute Gasteiger partial charge is 0.232 e. The fourth-order valence-corrected chi connectivity index (χ4v) is 2.77. The first-order valence-corrected chi connectivity index (χ1v) is 8.00. The molecule has 1 aliphatic heterocycles. The zero-order chi connectivity index (χ0) is 17.1. The molecule has 2 heterocycles. The molecule has 0 bridgehead atoms. The third-order valence-corrected chi connectivity index (χ3v) is 3.99. The lowest BCUT2D eigenvalue weighted by atomic mass is 10.1. The van der Waals surface area contributed by atoms with Gasteiger partial charge < -0.3 is 14.7 Å². The molecule has 0 spiro atoms. The van der Waals surface area contributed by atoms with Gasteiger partial charge in [-0.3, -0.25) is 9.59 Å². The van der Waals surface area contributed by atoms with Crippen molar-refractivity contribution in [3.63, 3.8) is 0 Å². The number of carbonyl (C=O) groups excluding carboxylic acids is 2. The topological polar surface area (TPSA) is 88.3 Å². The largest absolute Gasteiger partial charge is 0.339 e. The van der Waals surface area contributed by atoms with E-state index in [9.17, 15) is 9.59 Å². The monoisotopic (exact) mass is 328 g/mol. The molecule has 1 aromatic carbocycles. The summed E-state index contributed by atoms with van der Waals surface area (Å²) < 4.78 is 5.26. The molecule has 2 aromatic rings. The van der Waals surface area contributed by atoms with Crippen LogP contribution in [0.15, 0.2) is 34.9 Å². The Morgan fingerprint density at radius 2 is 2.12 bits per heavy atom. The van der Waals surface area contributed by atoms with Crippen molar-refractivity contribution in [1.82, 2.24) is 15.0 Å². The molecule has 2 amide bonds. The molecule has 24 heavy (non-hydrogen) atoms. The number of carbonyl (C=O) groups is 2. The van der Waals surface area contributed by atoms with Crippen LogP contribution < -0.4 is 5.32 Å². The second-order valence-corrected chi connectivity index (χ2v) is 6.18. The van der Waals surface area contributed by atoms with Gasteiger partial charge in [-0.15, -0.1) is 0 Å². The molecule has 0 aliphatic carbocycles. The normalized spacial score (nSPS) is 17.5. The van der Waals surface area contributed by atoms with Crippen molar-refractivity contribution < 1.29 is 14.1 Å². The highest BCUT2D eigenvalue weighted by Crippen LogP contribution is 2.28. The van der Waals surface area contributed by atoms with E-state index in [0.29, 0.717) is 24.7 Å². The van der Waals surface area contributed by atoms with Crippen molar-refractivity contribution in [3.05, 3.63) is 42.0 Å². The van der Waals surface area contributed by atoms with Crippen molar-refractivity contribution >= 4 is 17.5 Å². The summed E-state index contributed by atoms with van der Waals surface area (Å²) in [7, 11) is 0. The fourth-order valence-electron chi connectivity index (χ4n) is 2.77. The molecule has 1 atom stereocenters. The minimum atomic E-state index is -0.208. The highest BCUT2D eigenvalue weighted by Gasteiger charge is 2.35. The number of benzene rings is 1. The van der Waals surface area contributed by atoms with Crippen LogP contribution in [0.25, 0.3) is 0 Å². The van der Waals surface area contributed by atoms with Crippen LogP contribution in [0.4, 0.5) is 5.69 Å². The van der Waals surface area contributed by atoms with E-state index in [2.05, 4.69) is 15.5 Å². The Labute approximate surface area is 140 Å². The van der Waals surface area contributed by atoms with Crippen LogP contribution in [0.1, 0.15) is 37.9 Å². The summed E-state index contributed by atoms with van der Waals surface area (Å²) in [4.78, 5) is 30.1. The number of aromatic nitrogens is 2. The molecule has 1 aliphatic rings. The lowest BCUT2D eigenvalue weighted by Gasteiger charge is -2.20. The number of likely N-dealkylation sites (tertiary alicyclic amines) is 1. The van der Waals surface area contributed by atoms with Gasteiger partial charge in [0.25, 0.3) is 0 Å². The third kappa shape index (κ3) is 3.61. The molecule has 7 heteroatoms. The van der Waals surface area contributed by atoms with Gasteiger partial charge in [-0.2, -0.15) is 4.98 Å². The van der Waals surface area contributed by atoms with E-state index in [4.69, 9.17) is 4.52 Å². The maximum Gasteiger partial charge on any atom is 0.232 e. The second kappa shape index (κ2) is 6.82. The van der Waals surface area contributed by atoms with E-state index in [1.54, 1.807) is 4.90 Å². The standard InChI is InChI=1S/C17H20N4O3/c1-11(2)21-10-12(8-16(21)23)17-19-14(20-24-17)9-15(22)18-13-6-4-3-5-7-13/h3-7,11-12H,8-10H2,1-2H3,(H,18,22)/t12-/m0/s1. The first kappa shape index (κ1) is 16.2. The number of anilines is 1. The highest BCUT2D eigenvalue weighted by molar-refractivity contribution is 5.91. The van der Waals surface area contributed by atoms with Gasteiger partial charge in [0.1, 0.15) is 0 Å². The summed E-state index contributed by atoms with van der Waals surface area (Å²) in [5, 5.41) is 6.64. The Morgan fingerprint density at radius 1 is 1.38 bits per heavy atom. The lowest BCUT2D eigenvalue weighted by molar-refractivity contribution is -0.129. The average molecular weight is 328 g/mol. The summed E-state index contributed by atoms with van der Waals surface area (Å²) in [6.07, 6.45) is 0.406. The molecular formula is C17H20N4O3. The van der Waals surface area contributed by atoms with Crippen LogP contribution in [0, 0.1) is 0 Å². The molecule has 0 unspecified atom stereocenters. The summed E-state index contributed by atoms with van der Waals surface area (Å²) in [6.45, 7) is 4.54. The molecule has 126 valence electrons. The lowest BCUT2D eigenvalue weighted by Crippen LogP contribution is -2.31. The second-order valence-electron chi connectivity index (χ2n) is 6.18. The van der Waals surface area contributed by atoms with Gasteiger partial charge in [-0.25, -0.2) is 0 Å². The Bertz CT molecular complexity index is 726. The SMILES string of the molecule is CC(C)N1C[C@@H](c2nc(CC(=O)Nc3ccccc3)no2)CC1=O. The van der Waals surface area contributed by atoms with Crippen LogP contribution in [0.5, 0.6) is 0 Å².